The van der Waals surface area contributed by atoms with Gasteiger partial charge in [0.05, 0.1) is 6.04 Å². The number of aryl methyl sites for hydroxylation is 1. The van der Waals surface area contributed by atoms with Gasteiger partial charge < -0.3 is 5.32 Å². The Labute approximate surface area is 73.3 Å². The third-order valence-corrected chi connectivity index (χ3v) is 1.96. The Hall–Kier alpha value is -1.15. The van der Waals surface area contributed by atoms with Crippen molar-refractivity contribution in [2.24, 2.45) is 0 Å². The summed E-state index contributed by atoms with van der Waals surface area (Å²) in [5.41, 5.74) is 2.43. The molecule has 1 aromatic heterocycles. The molecule has 1 N–H and O–H groups in total. The summed E-state index contributed by atoms with van der Waals surface area (Å²) in [6.07, 6.45) is 5.55. The Morgan fingerprint density at radius 3 is 2.92 bits per heavy atom. The fraction of sp³-hybridized carbons (Fsp3) is 0.300. The molecule has 12 heavy (non-hydrogen) atoms. The molecule has 1 atom stereocenters. The van der Waals surface area contributed by atoms with E-state index in [4.69, 9.17) is 0 Å². The van der Waals surface area contributed by atoms with Gasteiger partial charge in [-0.2, -0.15) is 0 Å². The van der Waals surface area contributed by atoms with Crippen LogP contribution in [0.3, 0.4) is 0 Å². The Balaban J connectivity index is 3.00. The Morgan fingerprint density at radius 2 is 2.42 bits per heavy atom. The van der Waals surface area contributed by atoms with Crippen molar-refractivity contribution in [3.63, 3.8) is 0 Å². The van der Waals surface area contributed by atoms with Crippen molar-refractivity contribution in [1.29, 1.82) is 0 Å². The molecule has 0 aliphatic carbocycles. The van der Waals surface area contributed by atoms with Crippen molar-refractivity contribution >= 4 is 0 Å². The first-order valence-corrected chi connectivity index (χ1v) is 4.00. The summed E-state index contributed by atoms with van der Waals surface area (Å²) >= 11 is 0. The summed E-state index contributed by atoms with van der Waals surface area (Å²) in [6, 6.07) is 2.21. The lowest BCUT2D eigenvalue weighted by molar-refractivity contribution is 0.708. The molecule has 0 amide bonds. The molecule has 0 spiro atoms. The largest absolute Gasteiger partial charge is 0.310 e. The molecular formula is C10H14N2. The second-order valence-corrected chi connectivity index (χ2v) is 2.73. The molecule has 2 nitrogen and oxygen atoms in total. The van der Waals surface area contributed by atoms with Gasteiger partial charge in [-0.25, -0.2) is 0 Å². The molecule has 0 bridgehead atoms. The van der Waals surface area contributed by atoms with E-state index in [1.54, 1.807) is 6.20 Å². The van der Waals surface area contributed by atoms with Gasteiger partial charge in [0.15, 0.2) is 0 Å². The van der Waals surface area contributed by atoms with Crippen molar-refractivity contribution in [1.82, 2.24) is 10.3 Å². The minimum Gasteiger partial charge on any atom is -0.310 e. The number of hydrogen-bond donors (Lipinski definition) is 1. The number of aromatic nitrogens is 1. The van der Waals surface area contributed by atoms with Gasteiger partial charge in [-0.1, -0.05) is 6.08 Å². The fourth-order valence-corrected chi connectivity index (χ4v) is 1.20. The number of nitrogens with zero attached hydrogens (tertiary/aromatic N) is 1. The first-order chi connectivity index (χ1) is 5.79. The van der Waals surface area contributed by atoms with Gasteiger partial charge in [-0.05, 0) is 31.2 Å². The first kappa shape index (κ1) is 8.94. The molecule has 1 aromatic rings. The highest BCUT2D eigenvalue weighted by Gasteiger charge is 2.06. The molecule has 0 saturated carbocycles. The van der Waals surface area contributed by atoms with E-state index >= 15 is 0 Å². The maximum Gasteiger partial charge on any atom is 0.0519 e. The lowest BCUT2D eigenvalue weighted by atomic mass is 10.0. The number of pyridine rings is 1. The average Bonchev–Trinajstić information content (AvgIpc) is 2.10. The Morgan fingerprint density at radius 1 is 1.67 bits per heavy atom. The maximum absolute atomic E-state index is 4.07. The fourth-order valence-electron chi connectivity index (χ4n) is 1.20. The van der Waals surface area contributed by atoms with E-state index in [0.717, 1.165) is 0 Å². The van der Waals surface area contributed by atoms with Crippen LogP contribution in [-0.2, 0) is 0 Å². The molecule has 0 aromatic carbocycles. The highest BCUT2D eigenvalue weighted by atomic mass is 14.9. The normalized spacial score (nSPS) is 12.5. The maximum atomic E-state index is 4.07. The van der Waals surface area contributed by atoms with Gasteiger partial charge in [-0.3, -0.25) is 4.98 Å². The highest BCUT2D eigenvalue weighted by Crippen LogP contribution is 2.15. The quantitative estimate of drug-likeness (QED) is 0.686. The van der Waals surface area contributed by atoms with E-state index in [9.17, 15) is 0 Å². The number of hydrogen-bond acceptors (Lipinski definition) is 2. The predicted octanol–water partition coefficient (Wildman–Crippen LogP) is 1.84. The number of likely N-dealkylation sites (N-methyl/N-ethyl adjacent to an activating group) is 1. The van der Waals surface area contributed by atoms with Gasteiger partial charge in [0, 0.05) is 12.4 Å². The van der Waals surface area contributed by atoms with Crippen LogP contribution in [-0.4, -0.2) is 12.0 Å². The van der Waals surface area contributed by atoms with E-state index in [1.807, 2.05) is 25.4 Å². The third-order valence-electron chi connectivity index (χ3n) is 1.96. The monoisotopic (exact) mass is 162 g/mol. The molecule has 0 aliphatic heterocycles. The SMILES string of the molecule is C=CC(NC)c1cnccc1C. The molecule has 1 unspecified atom stereocenters. The Bertz CT molecular complexity index is 268. The molecule has 64 valence electrons. The van der Waals surface area contributed by atoms with Gasteiger partial charge in [-0.15, -0.1) is 6.58 Å². The van der Waals surface area contributed by atoms with Crippen LogP contribution in [0.25, 0.3) is 0 Å². The van der Waals surface area contributed by atoms with Crippen LogP contribution in [0.4, 0.5) is 0 Å². The molecule has 0 fully saturated rings. The van der Waals surface area contributed by atoms with Crippen LogP contribution < -0.4 is 5.32 Å². The van der Waals surface area contributed by atoms with Crippen molar-refractivity contribution in [2.75, 3.05) is 7.05 Å². The van der Waals surface area contributed by atoms with Gasteiger partial charge in [0.25, 0.3) is 0 Å². The van der Waals surface area contributed by atoms with Crippen LogP contribution >= 0.6 is 0 Å². The van der Waals surface area contributed by atoms with E-state index < -0.39 is 0 Å². The molecule has 0 aliphatic rings. The van der Waals surface area contributed by atoms with E-state index in [2.05, 4.69) is 23.8 Å². The summed E-state index contributed by atoms with van der Waals surface area (Å²) in [7, 11) is 1.92. The molecule has 2 heteroatoms. The molecular weight excluding hydrogens is 148 g/mol. The van der Waals surface area contributed by atoms with Gasteiger partial charge in [0.2, 0.25) is 0 Å². The smallest absolute Gasteiger partial charge is 0.0519 e. The molecule has 0 saturated heterocycles. The molecule has 0 radical (unpaired) electrons. The summed E-state index contributed by atoms with van der Waals surface area (Å²) in [4.78, 5) is 4.07. The second kappa shape index (κ2) is 4.02. The lowest BCUT2D eigenvalue weighted by Gasteiger charge is -2.13. The van der Waals surface area contributed by atoms with Gasteiger partial charge in [0.1, 0.15) is 0 Å². The van der Waals surface area contributed by atoms with Crippen LogP contribution in [0.15, 0.2) is 31.1 Å². The number of rotatable bonds is 3. The highest BCUT2D eigenvalue weighted by molar-refractivity contribution is 5.27. The minimum atomic E-state index is 0.207. The standard InChI is InChI=1S/C10H14N2/c1-4-10(11-3)9-7-12-6-5-8(9)2/h4-7,10-11H,1H2,2-3H3. The van der Waals surface area contributed by atoms with Crippen molar-refractivity contribution in [3.8, 4) is 0 Å². The summed E-state index contributed by atoms with van der Waals surface area (Å²) in [5.74, 6) is 0. The zero-order valence-corrected chi connectivity index (χ0v) is 7.54. The van der Waals surface area contributed by atoms with Crippen LogP contribution in [0, 0.1) is 6.92 Å². The second-order valence-electron chi connectivity index (χ2n) is 2.73. The minimum absolute atomic E-state index is 0.207. The van der Waals surface area contributed by atoms with Crippen molar-refractivity contribution in [3.05, 3.63) is 42.2 Å². The summed E-state index contributed by atoms with van der Waals surface area (Å²) in [5, 5.41) is 3.15. The third kappa shape index (κ3) is 1.71. The molecule has 1 heterocycles. The van der Waals surface area contributed by atoms with Crippen molar-refractivity contribution in [2.45, 2.75) is 13.0 Å². The van der Waals surface area contributed by atoms with E-state index in [-0.39, 0.29) is 6.04 Å². The summed E-state index contributed by atoms with van der Waals surface area (Å²) < 4.78 is 0. The Kier molecular flexibility index (Phi) is 3.00. The van der Waals surface area contributed by atoms with Crippen LogP contribution in [0.5, 0.6) is 0 Å². The topological polar surface area (TPSA) is 24.9 Å². The van der Waals surface area contributed by atoms with Gasteiger partial charge >= 0.3 is 0 Å². The molecule has 1 rings (SSSR count). The van der Waals surface area contributed by atoms with Crippen molar-refractivity contribution < 1.29 is 0 Å². The van der Waals surface area contributed by atoms with Crippen LogP contribution in [0.1, 0.15) is 17.2 Å². The lowest BCUT2D eigenvalue weighted by Crippen LogP contribution is -2.14. The zero-order valence-electron chi connectivity index (χ0n) is 7.54. The zero-order chi connectivity index (χ0) is 8.97. The summed E-state index contributed by atoms with van der Waals surface area (Å²) in [6.45, 7) is 5.83. The predicted molar refractivity (Wildman–Crippen MR) is 51.0 cm³/mol. The number of nitrogens with one attached hydrogen (secondary N) is 1. The van der Waals surface area contributed by atoms with E-state index in [1.165, 1.54) is 11.1 Å². The average molecular weight is 162 g/mol. The first-order valence-electron chi connectivity index (χ1n) is 4.00. The van der Waals surface area contributed by atoms with E-state index in [0.29, 0.717) is 0 Å². The van der Waals surface area contributed by atoms with Crippen LogP contribution in [0.2, 0.25) is 0 Å².